The van der Waals surface area contributed by atoms with Gasteiger partial charge < -0.3 is 19.5 Å². The number of carboxylic acid groups (broad SMARTS) is 1. The number of rotatable bonds is 6. The molecular formula is C18H23F3N4O4S2. The molecule has 0 aliphatic carbocycles. The van der Waals surface area contributed by atoms with Crippen LogP contribution in [0.5, 0.6) is 0 Å². The minimum absolute atomic E-state index is 0.000153. The average molecular weight is 481 g/mol. The fourth-order valence-corrected chi connectivity index (χ4v) is 4.85. The van der Waals surface area contributed by atoms with Crippen LogP contribution in [-0.2, 0) is 20.9 Å². The van der Waals surface area contributed by atoms with Gasteiger partial charge >= 0.3 is 12.1 Å². The molecule has 2 aliphatic rings. The van der Waals surface area contributed by atoms with Gasteiger partial charge in [0, 0.05) is 18.6 Å². The summed E-state index contributed by atoms with van der Waals surface area (Å²) in [4.78, 5) is 15.6. The van der Waals surface area contributed by atoms with Gasteiger partial charge in [-0.1, -0.05) is 11.3 Å². The Morgan fingerprint density at radius 1 is 1.35 bits per heavy atom. The summed E-state index contributed by atoms with van der Waals surface area (Å²) in [5.41, 5.74) is 1.04. The van der Waals surface area contributed by atoms with Crippen molar-refractivity contribution in [2.45, 2.75) is 45.1 Å². The second-order valence-corrected chi connectivity index (χ2v) is 9.58. The largest absolute Gasteiger partial charge is 0.490 e. The Hall–Kier alpha value is -1.83. The van der Waals surface area contributed by atoms with Crippen molar-refractivity contribution in [3.63, 3.8) is 0 Å². The standard InChI is InChI=1S/C16H22N4O2S2.C2HF3O2/c1-11-17-14(8-23-11)7-21-5-3-13-4-6-22-16(13)9-20(10-16)15-19-18-12(2)24-15;3-2(4,5)1(6)7/h8,13H,3-7,9-10H2,1-2H3;(H,6,7). The van der Waals surface area contributed by atoms with Gasteiger partial charge in [-0.05, 0) is 32.6 Å². The Labute approximate surface area is 185 Å². The Morgan fingerprint density at radius 2 is 2.06 bits per heavy atom. The van der Waals surface area contributed by atoms with E-state index >= 15 is 0 Å². The molecule has 2 aromatic rings. The SMILES string of the molecule is Cc1nc(COCCC2CCOC23CN(c2nnc(C)s2)C3)cs1.O=C(O)C(F)(F)F. The third kappa shape index (κ3) is 6.11. The number of anilines is 1. The Balaban J connectivity index is 0.000000339. The number of aromatic nitrogens is 3. The highest BCUT2D eigenvalue weighted by Gasteiger charge is 2.53. The number of alkyl halides is 3. The normalized spacial score (nSPS) is 19.8. The molecule has 2 aromatic heterocycles. The summed E-state index contributed by atoms with van der Waals surface area (Å²) in [5, 5.41) is 20.7. The van der Waals surface area contributed by atoms with Gasteiger partial charge in [-0.2, -0.15) is 13.2 Å². The summed E-state index contributed by atoms with van der Waals surface area (Å²) in [6.45, 7) is 8.11. The van der Waals surface area contributed by atoms with Crippen LogP contribution < -0.4 is 4.90 Å². The van der Waals surface area contributed by atoms with Crippen LogP contribution in [0, 0.1) is 19.8 Å². The molecule has 2 saturated heterocycles. The number of carbonyl (C=O) groups is 1. The first-order valence-corrected chi connectivity index (χ1v) is 11.3. The quantitative estimate of drug-likeness (QED) is 0.628. The maximum atomic E-state index is 10.6. The highest BCUT2D eigenvalue weighted by Crippen LogP contribution is 2.43. The highest BCUT2D eigenvalue weighted by atomic mass is 32.1. The summed E-state index contributed by atoms with van der Waals surface area (Å²) >= 11 is 3.33. The van der Waals surface area contributed by atoms with Gasteiger partial charge in [0.2, 0.25) is 5.13 Å². The number of halogens is 3. The maximum absolute atomic E-state index is 10.6. The molecule has 0 bridgehead atoms. The lowest BCUT2D eigenvalue weighted by Crippen LogP contribution is -2.65. The molecule has 1 atom stereocenters. The lowest BCUT2D eigenvalue weighted by atomic mass is 9.79. The minimum atomic E-state index is -5.08. The third-order valence-corrected chi connectivity index (χ3v) is 6.79. The average Bonchev–Trinajstić information content (AvgIpc) is 3.37. The lowest BCUT2D eigenvalue weighted by molar-refractivity contribution is -0.192. The van der Waals surface area contributed by atoms with E-state index in [4.69, 9.17) is 19.4 Å². The van der Waals surface area contributed by atoms with Gasteiger partial charge in [-0.25, -0.2) is 9.78 Å². The number of hydrogen-bond acceptors (Lipinski definition) is 9. The van der Waals surface area contributed by atoms with Crippen molar-refractivity contribution in [3.05, 3.63) is 21.1 Å². The molecular weight excluding hydrogens is 457 g/mol. The Morgan fingerprint density at radius 3 is 2.61 bits per heavy atom. The smallest absolute Gasteiger partial charge is 0.475 e. The van der Waals surface area contributed by atoms with Crippen molar-refractivity contribution in [1.29, 1.82) is 0 Å². The predicted octanol–water partition coefficient (Wildman–Crippen LogP) is 3.45. The second-order valence-electron chi connectivity index (χ2n) is 7.36. The van der Waals surface area contributed by atoms with Gasteiger partial charge in [0.25, 0.3) is 0 Å². The third-order valence-electron chi connectivity index (χ3n) is 5.07. The van der Waals surface area contributed by atoms with Crippen molar-refractivity contribution < 1.29 is 32.5 Å². The zero-order valence-corrected chi connectivity index (χ0v) is 18.6. The molecule has 2 fully saturated rings. The van der Waals surface area contributed by atoms with Crippen molar-refractivity contribution >= 4 is 33.8 Å². The molecule has 4 heterocycles. The first-order chi connectivity index (χ1) is 14.6. The molecule has 172 valence electrons. The second kappa shape index (κ2) is 9.76. The van der Waals surface area contributed by atoms with Crippen molar-refractivity contribution in [2.24, 2.45) is 5.92 Å². The van der Waals surface area contributed by atoms with Crippen LogP contribution in [0.3, 0.4) is 0 Å². The number of aliphatic carboxylic acids is 1. The van der Waals surface area contributed by atoms with Crippen LogP contribution in [0.25, 0.3) is 0 Å². The number of carboxylic acids is 1. The van der Waals surface area contributed by atoms with E-state index in [2.05, 4.69) is 25.5 Å². The topological polar surface area (TPSA) is 97.7 Å². The molecule has 0 amide bonds. The fraction of sp³-hybridized carbons (Fsp3) is 0.667. The van der Waals surface area contributed by atoms with Gasteiger partial charge in [0.05, 0.1) is 30.4 Å². The lowest BCUT2D eigenvalue weighted by Gasteiger charge is -2.50. The van der Waals surface area contributed by atoms with E-state index in [-0.39, 0.29) is 5.60 Å². The van der Waals surface area contributed by atoms with Crippen LogP contribution in [-0.4, -0.2) is 64.3 Å². The molecule has 8 nitrogen and oxygen atoms in total. The summed E-state index contributed by atoms with van der Waals surface area (Å²) in [7, 11) is 0. The first-order valence-electron chi connectivity index (χ1n) is 9.57. The summed E-state index contributed by atoms with van der Waals surface area (Å²) in [5.74, 6) is -2.19. The van der Waals surface area contributed by atoms with E-state index in [1.54, 1.807) is 22.7 Å². The number of aryl methyl sites for hydroxylation is 2. The summed E-state index contributed by atoms with van der Waals surface area (Å²) in [6.07, 6.45) is -2.91. The van der Waals surface area contributed by atoms with E-state index in [9.17, 15) is 13.2 Å². The van der Waals surface area contributed by atoms with Gasteiger partial charge in [-0.15, -0.1) is 21.5 Å². The van der Waals surface area contributed by atoms with E-state index in [1.807, 2.05) is 13.8 Å². The Bertz CT molecular complexity index is 883. The summed E-state index contributed by atoms with van der Waals surface area (Å²) < 4.78 is 43.7. The van der Waals surface area contributed by atoms with E-state index in [1.165, 1.54) is 0 Å². The minimum Gasteiger partial charge on any atom is -0.475 e. The van der Waals surface area contributed by atoms with Crippen LogP contribution in [0.1, 0.15) is 28.6 Å². The van der Waals surface area contributed by atoms with Crippen molar-refractivity contribution in [3.8, 4) is 0 Å². The van der Waals surface area contributed by atoms with Gasteiger partial charge in [-0.3, -0.25) is 0 Å². The first kappa shape index (κ1) is 23.8. The molecule has 0 saturated carbocycles. The molecule has 1 unspecified atom stereocenters. The molecule has 0 aromatic carbocycles. The van der Waals surface area contributed by atoms with Crippen LogP contribution in [0.15, 0.2) is 5.38 Å². The maximum Gasteiger partial charge on any atom is 0.490 e. The van der Waals surface area contributed by atoms with Crippen LogP contribution in [0.2, 0.25) is 0 Å². The van der Waals surface area contributed by atoms with Crippen molar-refractivity contribution in [2.75, 3.05) is 31.2 Å². The van der Waals surface area contributed by atoms with Gasteiger partial charge in [0.1, 0.15) is 10.6 Å². The van der Waals surface area contributed by atoms with E-state index in [0.717, 1.165) is 60.0 Å². The fourth-order valence-electron chi connectivity index (χ4n) is 3.57. The van der Waals surface area contributed by atoms with E-state index < -0.39 is 12.1 Å². The number of ether oxygens (including phenoxy) is 2. The molecule has 0 radical (unpaired) electrons. The highest BCUT2D eigenvalue weighted by molar-refractivity contribution is 7.15. The number of nitrogens with zero attached hydrogens (tertiary/aromatic N) is 4. The zero-order chi connectivity index (χ0) is 22.6. The molecule has 1 spiro atoms. The Kier molecular flexibility index (Phi) is 7.50. The van der Waals surface area contributed by atoms with Crippen LogP contribution >= 0.6 is 22.7 Å². The molecule has 4 rings (SSSR count). The molecule has 1 N–H and O–H groups in total. The molecule has 31 heavy (non-hydrogen) atoms. The number of thiazole rings is 1. The van der Waals surface area contributed by atoms with E-state index in [0.29, 0.717) is 12.5 Å². The summed E-state index contributed by atoms with van der Waals surface area (Å²) in [6, 6.07) is 0. The predicted molar refractivity (Wildman–Crippen MR) is 108 cm³/mol. The molecule has 2 aliphatic heterocycles. The number of hydrogen-bond donors (Lipinski definition) is 1. The van der Waals surface area contributed by atoms with Crippen molar-refractivity contribution in [1.82, 2.24) is 15.2 Å². The zero-order valence-electron chi connectivity index (χ0n) is 17.0. The van der Waals surface area contributed by atoms with Gasteiger partial charge in [0.15, 0.2) is 0 Å². The van der Waals surface area contributed by atoms with Crippen LogP contribution in [0.4, 0.5) is 18.3 Å². The monoisotopic (exact) mass is 480 g/mol. The molecule has 13 heteroatoms.